The van der Waals surface area contributed by atoms with Crippen LogP contribution >= 0.6 is 31.9 Å². The van der Waals surface area contributed by atoms with E-state index in [-0.39, 0.29) is 0 Å². The van der Waals surface area contributed by atoms with E-state index in [9.17, 15) is 5.11 Å². The highest BCUT2D eigenvalue weighted by Crippen LogP contribution is 2.20. The predicted octanol–water partition coefficient (Wildman–Crippen LogP) is 2.91. The maximum absolute atomic E-state index is 9.42. The van der Waals surface area contributed by atoms with E-state index in [4.69, 9.17) is 4.79 Å². The minimum absolute atomic E-state index is 0.378. The Labute approximate surface area is 101 Å². The molecule has 2 nitrogen and oxygen atoms in total. The van der Waals surface area contributed by atoms with Crippen molar-refractivity contribution in [2.24, 2.45) is 0 Å². The molecule has 1 unspecified atom stereocenters. The smallest absolute Gasteiger partial charge is 0.118 e. The number of halogens is 2. The number of hydrogen-bond donors (Lipinski definition) is 1. The molecule has 0 saturated heterocycles. The van der Waals surface area contributed by atoms with Crippen molar-refractivity contribution in [3.8, 4) is 5.75 Å². The number of aromatic hydroxyl groups is 1. The van der Waals surface area contributed by atoms with Gasteiger partial charge >= 0.3 is 0 Å². The van der Waals surface area contributed by atoms with E-state index in [2.05, 4.69) is 31.9 Å². The minimum atomic E-state index is 0.378. The second-order valence-corrected chi connectivity index (χ2v) is 4.53. The fourth-order valence-electron chi connectivity index (χ4n) is 0.977. The van der Waals surface area contributed by atoms with Gasteiger partial charge < -0.3 is 9.90 Å². The van der Waals surface area contributed by atoms with E-state index in [0.717, 1.165) is 17.3 Å². The van der Waals surface area contributed by atoms with Crippen molar-refractivity contribution >= 4 is 38.6 Å². The van der Waals surface area contributed by atoms with Gasteiger partial charge in [-0.25, -0.2) is 0 Å². The Morgan fingerprint density at radius 1 is 1.36 bits per heavy atom. The zero-order valence-electron chi connectivity index (χ0n) is 7.62. The molecule has 0 radical (unpaired) electrons. The topological polar surface area (TPSA) is 37.3 Å². The zero-order chi connectivity index (χ0) is 11.0. The van der Waals surface area contributed by atoms with Crippen LogP contribution in [-0.2, 0) is 11.2 Å². The van der Waals surface area contributed by atoms with Gasteiger partial charge in [-0.05, 0) is 18.1 Å². The Morgan fingerprint density at radius 3 is 2.43 bits per heavy atom. The van der Waals surface area contributed by atoms with Crippen molar-refractivity contribution < 1.29 is 9.90 Å². The molecule has 0 aliphatic heterocycles. The molecule has 0 bridgehead atoms. The van der Waals surface area contributed by atoms with Crippen LogP contribution < -0.4 is 0 Å². The third-order valence-electron chi connectivity index (χ3n) is 1.60. The third-order valence-corrected chi connectivity index (χ3v) is 3.90. The molecular weight excluding hydrogens is 312 g/mol. The summed E-state index contributed by atoms with van der Waals surface area (Å²) in [4.78, 5) is 8.38. The highest BCUT2D eigenvalue weighted by atomic mass is 79.9. The van der Waals surface area contributed by atoms with Gasteiger partial charge in [-0.3, -0.25) is 0 Å². The lowest BCUT2D eigenvalue weighted by Crippen LogP contribution is -2.03. The number of carbonyl (C=O) groups excluding carboxylic acids is 1. The molecule has 1 aromatic rings. The Morgan fingerprint density at radius 2 is 1.93 bits per heavy atom. The number of hydrogen-bond acceptors (Lipinski definition) is 2. The summed E-state index contributed by atoms with van der Waals surface area (Å²) in [5.74, 6) is 0.378. The van der Waals surface area contributed by atoms with Crippen LogP contribution in [0.1, 0.15) is 5.56 Å². The molecule has 4 heteroatoms. The first-order chi connectivity index (χ1) is 6.74. The van der Waals surface area contributed by atoms with Crippen LogP contribution in [0.3, 0.4) is 0 Å². The van der Waals surface area contributed by atoms with Gasteiger partial charge in [-0.2, -0.15) is 0 Å². The van der Waals surface area contributed by atoms with Gasteiger partial charge in [-0.15, -0.1) is 0 Å². The number of alkyl halides is 2. The van der Waals surface area contributed by atoms with Gasteiger partial charge in [0.1, 0.15) is 12.5 Å². The lowest BCUT2D eigenvalue weighted by molar-refractivity contribution is -0.0979. The first-order valence-corrected chi connectivity index (χ1v) is 6.03. The van der Waals surface area contributed by atoms with Crippen LogP contribution in [0.25, 0.3) is 0 Å². The summed E-state index contributed by atoms with van der Waals surface area (Å²) in [5.41, 5.74) is 0.985. The number of phenolic OH excluding ortho intramolecular Hbond substituents is 1. The summed E-state index contributed by atoms with van der Waals surface area (Å²) >= 11 is 6.86. The molecule has 0 heterocycles. The molecule has 1 rings (SSSR count). The fraction of sp³-hybridized carbons (Fsp3) is 0.300. The maximum Gasteiger partial charge on any atom is 0.118 e. The molecule has 0 amide bonds. The standard InChI is InChI=1S/C9H10Br2O.CH2O/c10-6-8(11)5-7-3-1-2-4-9(7)12;1-2/h1-4,8,12H,5-6H2;1H2. The average Bonchev–Trinajstić information content (AvgIpc) is 2.24. The van der Waals surface area contributed by atoms with Gasteiger partial charge in [-0.1, -0.05) is 50.1 Å². The lowest BCUT2D eigenvalue weighted by atomic mass is 10.1. The Hall–Kier alpha value is -0.350. The molecule has 78 valence electrons. The Balaban J connectivity index is 0.000000791. The molecule has 0 spiro atoms. The first kappa shape index (κ1) is 13.7. The number of benzene rings is 1. The van der Waals surface area contributed by atoms with Crippen LogP contribution in [0, 0.1) is 0 Å². The largest absolute Gasteiger partial charge is 0.508 e. The van der Waals surface area contributed by atoms with E-state index in [1.165, 1.54) is 0 Å². The van der Waals surface area contributed by atoms with Crippen LogP contribution in [0.2, 0.25) is 0 Å². The molecule has 0 aromatic heterocycles. The zero-order valence-corrected chi connectivity index (χ0v) is 10.8. The Kier molecular flexibility index (Phi) is 7.80. The summed E-state index contributed by atoms with van der Waals surface area (Å²) in [5, 5.41) is 10.3. The van der Waals surface area contributed by atoms with Crippen molar-refractivity contribution in [1.82, 2.24) is 0 Å². The van der Waals surface area contributed by atoms with E-state index in [1.54, 1.807) is 6.07 Å². The molecule has 1 atom stereocenters. The molecule has 0 saturated carbocycles. The second kappa shape index (κ2) is 8.00. The monoisotopic (exact) mass is 322 g/mol. The summed E-state index contributed by atoms with van der Waals surface area (Å²) in [6, 6.07) is 7.41. The number of rotatable bonds is 3. The van der Waals surface area contributed by atoms with Crippen molar-refractivity contribution in [3.05, 3.63) is 29.8 Å². The second-order valence-electron chi connectivity index (χ2n) is 2.58. The van der Waals surface area contributed by atoms with Gasteiger partial charge in [0, 0.05) is 10.2 Å². The molecule has 14 heavy (non-hydrogen) atoms. The van der Waals surface area contributed by atoms with Crippen LogP contribution in [0.15, 0.2) is 24.3 Å². The summed E-state index contributed by atoms with van der Waals surface area (Å²) < 4.78 is 0. The van der Waals surface area contributed by atoms with E-state index < -0.39 is 0 Å². The minimum Gasteiger partial charge on any atom is -0.508 e. The van der Waals surface area contributed by atoms with E-state index in [0.29, 0.717) is 10.6 Å². The van der Waals surface area contributed by atoms with Crippen molar-refractivity contribution in [3.63, 3.8) is 0 Å². The molecule has 1 aromatic carbocycles. The van der Waals surface area contributed by atoms with Gasteiger partial charge in [0.25, 0.3) is 0 Å². The van der Waals surface area contributed by atoms with Gasteiger partial charge in [0.2, 0.25) is 0 Å². The third kappa shape index (κ3) is 4.77. The first-order valence-electron chi connectivity index (χ1n) is 4.00. The number of phenols is 1. The lowest BCUT2D eigenvalue weighted by Gasteiger charge is -2.06. The summed E-state index contributed by atoms with van der Waals surface area (Å²) in [6.45, 7) is 2.00. The fourth-order valence-corrected chi connectivity index (χ4v) is 1.55. The van der Waals surface area contributed by atoms with Gasteiger partial charge in [0.05, 0.1) is 0 Å². The number of carbonyl (C=O) groups is 1. The molecule has 0 fully saturated rings. The van der Waals surface area contributed by atoms with Crippen molar-refractivity contribution in [1.29, 1.82) is 0 Å². The van der Waals surface area contributed by atoms with Crippen molar-refractivity contribution in [2.45, 2.75) is 11.2 Å². The van der Waals surface area contributed by atoms with Gasteiger partial charge in [0.15, 0.2) is 0 Å². The van der Waals surface area contributed by atoms with E-state index in [1.807, 2.05) is 25.0 Å². The number of para-hydroxylation sites is 1. The van der Waals surface area contributed by atoms with E-state index >= 15 is 0 Å². The summed E-state index contributed by atoms with van der Waals surface area (Å²) in [6.07, 6.45) is 0.845. The molecule has 0 aliphatic carbocycles. The highest BCUT2D eigenvalue weighted by Gasteiger charge is 2.06. The molecular formula is C10H12Br2O2. The molecule has 0 aliphatic rings. The van der Waals surface area contributed by atoms with Crippen LogP contribution in [0.4, 0.5) is 0 Å². The quantitative estimate of drug-likeness (QED) is 0.868. The highest BCUT2D eigenvalue weighted by molar-refractivity contribution is 9.12. The SMILES string of the molecule is C=O.Oc1ccccc1CC(Br)CBr. The Bertz CT molecular complexity index is 266. The average molecular weight is 324 g/mol. The van der Waals surface area contributed by atoms with Crippen LogP contribution in [0.5, 0.6) is 5.75 Å². The molecule has 1 N–H and O–H groups in total. The predicted molar refractivity (Wildman–Crippen MR) is 65.4 cm³/mol. The van der Waals surface area contributed by atoms with Crippen LogP contribution in [-0.4, -0.2) is 22.1 Å². The summed E-state index contributed by atoms with van der Waals surface area (Å²) in [7, 11) is 0. The normalized spacial score (nSPS) is 11.3. The maximum atomic E-state index is 9.42. The van der Waals surface area contributed by atoms with Crippen molar-refractivity contribution in [2.75, 3.05) is 5.33 Å².